The van der Waals surface area contributed by atoms with Gasteiger partial charge in [-0.2, -0.15) is 0 Å². The van der Waals surface area contributed by atoms with Gasteiger partial charge < -0.3 is 19.5 Å². The fourth-order valence-corrected chi connectivity index (χ4v) is 1.53. The minimum atomic E-state index is -1.05. The Morgan fingerprint density at radius 1 is 1.35 bits per heavy atom. The van der Waals surface area contributed by atoms with Crippen LogP contribution in [-0.2, 0) is 14.3 Å². The third kappa shape index (κ3) is 3.88. The van der Waals surface area contributed by atoms with Gasteiger partial charge in [-0.1, -0.05) is 18.2 Å². The van der Waals surface area contributed by atoms with Crippen LogP contribution in [0.3, 0.4) is 0 Å². The maximum absolute atomic E-state index is 11.7. The van der Waals surface area contributed by atoms with Crippen molar-refractivity contribution in [3.63, 3.8) is 0 Å². The van der Waals surface area contributed by atoms with E-state index in [-0.39, 0.29) is 13.5 Å². The van der Waals surface area contributed by atoms with Gasteiger partial charge in [-0.3, -0.25) is 0 Å². The molecule has 1 aromatic rings. The lowest BCUT2D eigenvalue weighted by molar-refractivity contribution is -0.131. The van der Waals surface area contributed by atoms with Gasteiger partial charge in [0.15, 0.2) is 13.5 Å². The van der Waals surface area contributed by atoms with E-state index < -0.39 is 11.9 Å². The molecule has 0 atom stereocenters. The second-order valence-electron chi connectivity index (χ2n) is 3.99. The lowest BCUT2D eigenvalue weighted by atomic mass is 10.2. The summed E-state index contributed by atoms with van der Waals surface area (Å²) in [6.45, 7) is 0.250. The Bertz CT molecular complexity index is 550. The van der Waals surface area contributed by atoms with E-state index in [4.69, 9.17) is 14.6 Å². The predicted molar refractivity (Wildman–Crippen MR) is 69.4 cm³/mol. The first-order valence-electron chi connectivity index (χ1n) is 5.87. The molecule has 1 aliphatic rings. The number of esters is 1. The first kappa shape index (κ1) is 13.7. The second kappa shape index (κ2) is 6.42. The molecule has 0 spiro atoms. The summed E-state index contributed by atoms with van der Waals surface area (Å²) in [6.07, 6.45) is 3.89. The SMILES string of the molecule is O=C(O)/C=C/C1=CN(COC(=O)c2ccccc2)CO1. The summed E-state index contributed by atoms with van der Waals surface area (Å²) >= 11 is 0. The lowest BCUT2D eigenvalue weighted by Crippen LogP contribution is -2.21. The predicted octanol–water partition coefficient (Wildman–Crippen LogP) is 1.57. The van der Waals surface area contributed by atoms with Crippen molar-refractivity contribution in [1.82, 2.24) is 4.90 Å². The maximum Gasteiger partial charge on any atom is 0.339 e. The lowest BCUT2D eigenvalue weighted by Gasteiger charge is -2.13. The van der Waals surface area contributed by atoms with Gasteiger partial charge >= 0.3 is 11.9 Å². The summed E-state index contributed by atoms with van der Waals surface area (Å²) in [4.78, 5) is 23.7. The average molecular weight is 275 g/mol. The highest BCUT2D eigenvalue weighted by atomic mass is 16.6. The molecular formula is C14H13NO5. The van der Waals surface area contributed by atoms with E-state index in [1.807, 2.05) is 6.07 Å². The molecule has 0 aliphatic carbocycles. The molecule has 2 rings (SSSR count). The largest absolute Gasteiger partial charge is 0.478 e. The third-order valence-corrected chi connectivity index (χ3v) is 2.47. The second-order valence-corrected chi connectivity index (χ2v) is 3.99. The molecule has 0 radical (unpaired) electrons. The minimum absolute atomic E-state index is 0.0398. The number of carboxylic acids is 1. The fraction of sp³-hybridized carbons (Fsp3) is 0.143. The quantitative estimate of drug-likeness (QED) is 0.649. The average Bonchev–Trinajstić information content (AvgIpc) is 2.91. The highest BCUT2D eigenvalue weighted by Crippen LogP contribution is 2.12. The van der Waals surface area contributed by atoms with Crippen LogP contribution in [0.2, 0.25) is 0 Å². The van der Waals surface area contributed by atoms with Crippen molar-refractivity contribution in [3.8, 4) is 0 Å². The van der Waals surface area contributed by atoms with Gasteiger partial charge in [0.2, 0.25) is 0 Å². The molecule has 0 saturated heterocycles. The van der Waals surface area contributed by atoms with Gasteiger partial charge in [-0.05, 0) is 18.2 Å². The molecular weight excluding hydrogens is 262 g/mol. The third-order valence-electron chi connectivity index (χ3n) is 2.47. The van der Waals surface area contributed by atoms with E-state index in [1.54, 1.807) is 35.4 Å². The van der Waals surface area contributed by atoms with Crippen molar-refractivity contribution in [1.29, 1.82) is 0 Å². The number of carboxylic acid groups (broad SMARTS) is 1. The zero-order valence-electron chi connectivity index (χ0n) is 10.6. The zero-order valence-corrected chi connectivity index (χ0v) is 10.6. The van der Waals surface area contributed by atoms with Crippen LogP contribution in [0, 0.1) is 0 Å². The molecule has 1 heterocycles. The van der Waals surface area contributed by atoms with Crippen molar-refractivity contribution >= 4 is 11.9 Å². The van der Waals surface area contributed by atoms with Gasteiger partial charge in [0.25, 0.3) is 0 Å². The number of nitrogens with zero attached hydrogens (tertiary/aromatic N) is 1. The fourth-order valence-electron chi connectivity index (χ4n) is 1.53. The van der Waals surface area contributed by atoms with Gasteiger partial charge in [0, 0.05) is 12.3 Å². The summed E-state index contributed by atoms with van der Waals surface area (Å²) in [5.74, 6) is -1.07. The first-order chi connectivity index (χ1) is 9.65. The van der Waals surface area contributed by atoms with Gasteiger partial charge in [-0.15, -0.1) is 0 Å². The Kier molecular flexibility index (Phi) is 4.39. The Morgan fingerprint density at radius 3 is 2.80 bits per heavy atom. The Hall–Kier alpha value is -2.76. The van der Waals surface area contributed by atoms with E-state index in [9.17, 15) is 9.59 Å². The van der Waals surface area contributed by atoms with Crippen LogP contribution >= 0.6 is 0 Å². The molecule has 104 valence electrons. The summed E-state index contributed by atoms with van der Waals surface area (Å²) in [5.41, 5.74) is 0.475. The summed E-state index contributed by atoms with van der Waals surface area (Å²) in [7, 11) is 0. The molecule has 0 amide bonds. The van der Waals surface area contributed by atoms with Gasteiger partial charge in [0.1, 0.15) is 5.76 Å². The van der Waals surface area contributed by atoms with Crippen molar-refractivity contribution in [3.05, 3.63) is 60.0 Å². The zero-order chi connectivity index (χ0) is 14.4. The van der Waals surface area contributed by atoms with E-state index in [2.05, 4.69) is 0 Å². The normalized spacial score (nSPS) is 14.0. The first-order valence-corrected chi connectivity index (χ1v) is 5.87. The molecule has 6 heteroatoms. The monoisotopic (exact) mass is 275 g/mol. The van der Waals surface area contributed by atoms with Crippen LogP contribution in [0.4, 0.5) is 0 Å². The Balaban J connectivity index is 1.84. The van der Waals surface area contributed by atoms with Crippen molar-refractivity contribution in [2.24, 2.45) is 0 Å². The molecule has 0 bridgehead atoms. The van der Waals surface area contributed by atoms with Crippen LogP contribution in [0.1, 0.15) is 10.4 Å². The number of allylic oxidation sites excluding steroid dienone is 1. The molecule has 0 unspecified atom stereocenters. The summed E-state index contributed by atoms with van der Waals surface area (Å²) in [5, 5.41) is 8.49. The number of rotatable bonds is 5. The number of ether oxygens (including phenoxy) is 2. The molecule has 1 N–H and O–H groups in total. The molecule has 1 aromatic carbocycles. The van der Waals surface area contributed by atoms with Crippen molar-refractivity contribution in [2.75, 3.05) is 13.5 Å². The Morgan fingerprint density at radius 2 is 2.10 bits per heavy atom. The molecule has 1 aliphatic heterocycles. The van der Waals surface area contributed by atoms with E-state index in [1.165, 1.54) is 6.08 Å². The van der Waals surface area contributed by atoms with Crippen LogP contribution < -0.4 is 0 Å². The smallest absolute Gasteiger partial charge is 0.339 e. The minimum Gasteiger partial charge on any atom is -0.478 e. The van der Waals surface area contributed by atoms with Crippen molar-refractivity contribution in [2.45, 2.75) is 0 Å². The number of hydrogen-bond donors (Lipinski definition) is 1. The van der Waals surface area contributed by atoms with E-state index in [0.717, 1.165) is 6.08 Å². The van der Waals surface area contributed by atoms with Crippen LogP contribution in [0.5, 0.6) is 0 Å². The number of carbonyl (C=O) groups excluding carboxylic acids is 1. The number of hydrogen-bond acceptors (Lipinski definition) is 5. The molecule has 20 heavy (non-hydrogen) atoms. The standard InChI is InChI=1S/C14H13NO5/c16-13(17)7-6-12-8-15(9-19-12)10-20-14(18)11-4-2-1-3-5-11/h1-8H,9-10H2,(H,16,17)/b7-6+. The van der Waals surface area contributed by atoms with Gasteiger partial charge in [-0.25, -0.2) is 9.59 Å². The number of aliphatic carboxylic acids is 1. The molecule has 0 saturated carbocycles. The van der Waals surface area contributed by atoms with Crippen LogP contribution in [-0.4, -0.2) is 35.4 Å². The van der Waals surface area contributed by atoms with E-state index in [0.29, 0.717) is 11.3 Å². The number of carbonyl (C=O) groups is 2. The molecule has 0 fully saturated rings. The topological polar surface area (TPSA) is 76.1 Å². The molecule has 0 aromatic heterocycles. The summed E-state index contributed by atoms with van der Waals surface area (Å²) in [6, 6.07) is 8.66. The maximum atomic E-state index is 11.7. The summed E-state index contributed by atoms with van der Waals surface area (Å²) < 4.78 is 10.3. The number of benzene rings is 1. The van der Waals surface area contributed by atoms with Crippen molar-refractivity contribution < 1.29 is 24.2 Å². The highest BCUT2D eigenvalue weighted by Gasteiger charge is 2.14. The molecule has 6 nitrogen and oxygen atoms in total. The Labute approximate surface area is 115 Å². The highest BCUT2D eigenvalue weighted by molar-refractivity contribution is 5.89. The van der Waals surface area contributed by atoms with Crippen LogP contribution in [0.15, 0.2) is 54.4 Å². The van der Waals surface area contributed by atoms with Crippen LogP contribution in [0.25, 0.3) is 0 Å². The van der Waals surface area contributed by atoms with Gasteiger partial charge in [0.05, 0.1) is 5.56 Å². The van der Waals surface area contributed by atoms with E-state index >= 15 is 0 Å².